The lowest BCUT2D eigenvalue weighted by atomic mass is 10.0. The topological polar surface area (TPSA) is 77.9 Å². The Morgan fingerprint density at radius 2 is 1.44 bits per heavy atom. The molecule has 1 N–H and O–H groups in total. The third-order valence-corrected chi connectivity index (χ3v) is 3.40. The number of carbonyl (C=O) groups excluding carboxylic acids is 2. The standard InChI is InChI=1S/C12H20N2O4/c1-3-9(4-2)10(15)13-5-7-14(8-6-13)11(16)12(17)18/h9H,3-8H2,1-2H3,(H,17,18). The van der Waals surface area contributed by atoms with Crippen molar-refractivity contribution < 1.29 is 19.5 Å². The lowest BCUT2D eigenvalue weighted by Crippen LogP contribution is -2.53. The van der Waals surface area contributed by atoms with Crippen molar-refractivity contribution in [3.05, 3.63) is 0 Å². The smallest absolute Gasteiger partial charge is 0.394 e. The van der Waals surface area contributed by atoms with E-state index in [4.69, 9.17) is 5.11 Å². The van der Waals surface area contributed by atoms with E-state index >= 15 is 0 Å². The van der Waals surface area contributed by atoms with Gasteiger partial charge in [-0.3, -0.25) is 9.59 Å². The predicted octanol–water partition coefficient (Wildman–Crippen LogP) is 0.178. The number of hydrogen-bond donors (Lipinski definition) is 1. The molecule has 0 aromatic heterocycles. The Labute approximate surface area is 107 Å². The highest BCUT2D eigenvalue weighted by atomic mass is 16.4. The summed E-state index contributed by atoms with van der Waals surface area (Å²) < 4.78 is 0. The average Bonchev–Trinajstić information content (AvgIpc) is 2.39. The number of nitrogens with zero attached hydrogens (tertiary/aromatic N) is 2. The molecule has 0 radical (unpaired) electrons. The van der Waals surface area contributed by atoms with Crippen LogP contribution < -0.4 is 0 Å². The van der Waals surface area contributed by atoms with Crippen molar-refractivity contribution in [3.63, 3.8) is 0 Å². The second kappa shape index (κ2) is 6.37. The second-order valence-corrected chi connectivity index (χ2v) is 4.44. The van der Waals surface area contributed by atoms with Crippen molar-refractivity contribution in [1.82, 2.24) is 9.80 Å². The first kappa shape index (κ1) is 14.5. The average molecular weight is 256 g/mol. The Kier molecular flexibility index (Phi) is 5.12. The van der Waals surface area contributed by atoms with E-state index in [1.54, 1.807) is 4.90 Å². The Morgan fingerprint density at radius 3 is 1.83 bits per heavy atom. The van der Waals surface area contributed by atoms with E-state index in [0.29, 0.717) is 26.2 Å². The van der Waals surface area contributed by atoms with Crippen LogP contribution in [0.2, 0.25) is 0 Å². The van der Waals surface area contributed by atoms with E-state index < -0.39 is 11.9 Å². The molecule has 0 saturated carbocycles. The molecule has 0 aromatic rings. The van der Waals surface area contributed by atoms with Gasteiger partial charge in [-0.25, -0.2) is 4.79 Å². The third kappa shape index (κ3) is 3.21. The molecule has 1 fully saturated rings. The van der Waals surface area contributed by atoms with Gasteiger partial charge in [-0.15, -0.1) is 0 Å². The number of carbonyl (C=O) groups is 3. The minimum atomic E-state index is -1.44. The van der Waals surface area contributed by atoms with Crippen LogP contribution in [-0.2, 0) is 14.4 Å². The van der Waals surface area contributed by atoms with E-state index in [9.17, 15) is 14.4 Å². The number of carboxylic acids is 1. The molecule has 1 heterocycles. The highest BCUT2D eigenvalue weighted by Gasteiger charge is 2.29. The molecular weight excluding hydrogens is 236 g/mol. The summed E-state index contributed by atoms with van der Waals surface area (Å²) in [5.74, 6) is -2.17. The van der Waals surface area contributed by atoms with E-state index in [-0.39, 0.29) is 11.8 Å². The zero-order valence-corrected chi connectivity index (χ0v) is 10.9. The molecular formula is C12H20N2O4. The molecule has 1 rings (SSSR count). The molecule has 2 amide bonds. The Balaban J connectivity index is 2.51. The Bertz CT molecular complexity index is 331. The predicted molar refractivity (Wildman–Crippen MR) is 64.9 cm³/mol. The summed E-state index contributed by atoms with van der Waals surface area (Å²) in [5, 5.41) is 8.60. The molecule has 0 bridgehead atoms. The maximum absolute atomic E-state index is 12.1. The Hall–Kier alpha value is -1.59. The number of piperazine rings is 1. The van der Waals surface area contributed by atoms with Gasteiger partial charge < -0.3 is 14.9 Å². The molecule has 6 nitrogen and oxygen atoms in total. The van der Waals surface area contributed by atoms with Gasteiger partial charge in [0, 0.05) is 32.1 Å². The maximum atomic E-state index is 12.1. The van der Waals surface area contributed by atoms with Gasteiger partial charge in [0.05, 0.1) is 0 Å². The summed E-state index contributed by atoms with van der Waals surface area (Å²) in [6, 6.07) is 0. The fourth-order valence-corrected chi connectivity index (χ4v) is 2.16. The SMILES string of the molecule is CCC(CC)C(=O)N1CCN(C(=O)C(=O)O)CC1. The molecule has 6 heteroatoms. The van der Waals surface area contributed by atoms with Crippen LogP contribution in [0.3, 0.4) is 0 Å². The number of hydrogen-bond acceptors (Lipinski definition) is 3. The molecule has 0 aromatic carbocycles. The van der Waals surface area contributed by atoms with E-state index in [0.717, 1.165) is 12.8 Å². The summed E-state index contributed by atoms with van der Waals surface area (Å²) in [6.07, 6.45) is 1.62. The normalized spacial score (nSPS) is 15.9. The van der Waals surface area contributed by atoms with Crippen molar-refractivity contribution in [2.24, 2.45) is 5.92 Å². The minimum absolute atomic E-state index is 0.0340. The summed E-state index contributed by atoms with van der Waals surface area (Å²) in [6.45, 7) is 5.42. The molecule has 1 aliphatic heterocycles. The molecule has 0 atom stereocenters. The maximum Gasteiger partial charge on any atom is 0.394 e. The summed E-state index contributed by atoms with van der Waals surface area (Å²) in [7, 11) is 0. The zero-order valence-electron chi connectivity index (χ0n) is 10.9. The molecule has 0 unspecified atom stereocenters. The first-order valence-corrected chi connectivity index (χ1v) is 6.32. The number of aliphatic carboxylic acids is 1. The number of amides is 2. The largest absolute Gasteiger partial charge is 0.474 e. The van der Waals surface area contributed by atoms with Gasteiger partial charge in [-0.2, -0.15) is 0 Å². The fourth-order valence-electron chi connectivity index (χ4n) is 2.16. The monoisotopic (exact) mass is 256 g/mol. The molecule has 1 aliphatic rings. The van der Waals surface area contributed by atoms with Crippen LogP contribution in [-0.4, -0.2) is 58.9 Å². The lowest BCUT2D eigenvalue weighted by Gasteiger charge is -2.35. The van der Waals surface area contributed by atoms with Crippen LogP contribution in [0.4, 0.5) is 0 Å². The van der Waals surface area contributed by atoms with Crippen LogP contribution in [0.25, 0.3) is 0 Å². The van der Waals surface area contributed by atoms with Crippen molar-refractivity contribution in [3.8, 4) is 0 Å². The quantitative estimate of drug-likeness (QED) is 0.731. The summed E-state index contributed by atoms with van der Waals surface area (Å²) in [5.41, 5.74) is 0. The molecule has 0 aliphatic carbocycles. The van der Waals surface area contributed by atoms with Gasteiger partial charge in [0.15, 0.2) is 0 Å². The highest BCUT2D eigenvalue weighted by Crippen LogP contribution is 2.14. The van der Waals surface area contributed by atoms with E-state index in [1.165, 1.54) is 4.90 Å². The van der Waals surface area contributed by atoms with Gasteiger partial charge in [-0.1, -0.05) is 13.8 Å². The third-order valence-electron chi connectivity index (χ3n) is 3.40. The van der Waals surface area contributed by atoms with Crippen LogP contribution in [0.5, 0.6) is 0 Å². The first-order valence-electron chi connectivity index (χ1n) is 6.32. The van der Waals surface area contributed by atoms with E-state index in [1.807, 2.05) is 13.8 Å². The molecule has 18 heavy (non-hydrogen) atoms. The van der Waals surface area contributed by atoms with Crippen molar-refractivity contribution in [2.75, 3.05) is 26.2 Å². The summed E-state index contributed by atoms with van der Waals surface area (Å²) in [4.78, 5) is 36.9. The van der Waals surface area contributed by atoms with Crippen LogP contribution in [0, 0.1) is 5.92 Å². The number of rotatable bonds is 3. The fraction of sp³-hybridized carbons (Fsp3) is 0.750. The van der Waals surface area contributed by atoms with Crippen molar-refractivity contribution in [1.29, 1.82) is 0 Å². The second-order valence-electron chi connectivity index (χ2n) is 4.44. The van der Waals surface area contributed by atoms with Crippen molar-refractivity contribution >= 4 is 17.8 Å². The zero-order chi connectivity index (χ0) is 13.7. The first-order chi connectivity index (χ1) is 8.51. The molecule has 1 saturated heterocycles. The highest BCUT2D eigenvalue weighted by molar-refractivity contribution is 6.31. The minimum Gasteiger partial charge on any atom is -0.474 e. The van der Waals surface area contributed by atoms with Gasteiger partial charge >= 0.3 is 11.9 Å². The van der Waals surface area contributed by atoms with Gasteiger partial charge in [-0.05, 0) is 12.8 Å². The molecule has 102 valence electrons. The van der Waals surface area contributed by atoms with Crippen molar-refractivity contribution in [2.45, 2.75) is 26.7 Å². The Morgan fingerprint density at radius 1 is 1.00 bits per heavy atom. The number of carboxylic acid groups (broad SMARTS) is 1. The summed E-state index contributed by atoms with van der Waals surface area (Å²) >= 11 is 0. The van der Waals surface area contributed by atoms with E-state index in [2.05, 4.69) is 0 Å². The van der Waals surface area contributed by atoms with Crippen LogP contribution >= 0.6 is 0 Å². The van der Waals surface area contributed by atoms with Gasteiger partial charge in [0.1, 0.15) is 0 Å². The van der Waals surface area contributed by atoms with Crippen LogP contribution in [0.1, 0.15) is 26.7 Å². The lowest BCUT2D eigenvalue weighted by molar-refractivity contribution is -0.157. The van der Waals surface area contributed by atoms with Gasteiger partial charge in [0.2, 0.25) is 5.91 Å². The molecule has 0 spiro atoms. The van der Waals surface area contributed by atoms with Crippen LogP contribution in [0.15, 0.2) is 0 Å². The van der Waals surface area contributed by atoms with Gasteiger partial charge in [0.25, 0.3) is 0 Å².